The summed E-state index contributed by atoms with van der Waals surface area (Å²) in [6, 6.07) is 0. The number of aryl methyl sites for hydroxylation is 1. The molecule has 0 aromatic carbocycles. The number of carboxylic acid groups (broad SMARTS) is 1. The Morgan fingerprint density at radius 3 is 2.41 bits per heavy atom. The van der Waals surface area contributed by atoms with Gasteiger partial charge in [-0.1, -0.05) is 11.3 Å². The number of hydrogen-bond donors (Lipinski definition) is 1. The standard InChI is InChI=1S/C11H18N4O3S2.C2HF3O2/c1-8-12-13-11(19-8)14-5-9-6-15(20(2,16)17)3-4-18-10(9)7-14;3-2(4,5)1(6)7/h9-10H,3-7H2,1-2H3;(H,6,7)/t9-,10-;/m1./s1. The Morgan fingerprint density at radius 2 is 1.93 bits per heavy atom. The number of halogens is 3. The minimum absolute atomic E-state index is 0.0750. The fourth-order valence-electron chi connectivity index (χ4n) is 2.74. The second kappa shape index (κ2) is 8.24. The van der Waals surface area contributed by atoms with Crippen LogP contribution in [0.15, 0.2) is 0 Å². The van der Waals surface area contributed by atoms with Crippen molar-refractivity contribution in [2.24, 2.45) is 5.92 Å². The highest BCUT2D eigenvalue weighted by molar-refractivity contribution is 7.88. The smallest absolute Gasteiger partial charge is 0.475 e. The van der Waals surface area contributed by atoms with Crippen molar-refractivity contribution in [3.05, 3.63) is 5.01 Å². The number of sulfonamides is 1. The van der Waals surface area contributed by atoms with Crippen LogP contribution in [0, 0.1) is 12.8 Å². The van der Waals surface area contributed by atoms with E-state index in [9.17, 15) is 21.6 Å². The Morgan fingerprint density at radius 1 is 1.30 bits per heavy atom. The number of aromatic nitrogens is 2. The Kier molecular flexibility index (Phi) is 6.65. The molecule has 0 saturated carbocycles. The van der Waals surface area contributed by atoms with Crippen LogP contribution in [0.1, 0.15) is 5.01 Å². The average molecular weight is 432 g/mol. The van der Waals surface area contributed by atoms with Crippen LogP contribution in [-0.2, 0) is 19.6 Å². The molecule has 0 radical (unpaired) electrons. The van der Waals surface area contributed by atoms with Crippen molar-refractivity contribution in [1.29, 1.82) is 0 Å². The van der Waals surface area contributed by atoms with Crippen molar-refractivity contribution in [1.82, 2.24) is 14.5 Å². The number of carbonyl (C=O) groups is 1. The fraction of sp³-hybridized carbons (Fsp3) is 0.769. The molecule has 3 rings (SSSR count). The van der Waals surface area contributed by atoms with Gasteiger partial charge in [0, 0.05) is 32.1 Å². The SMILES string of the molecule is Cc1nnc(N2C[C@@H]3CN(S(C)(=O)=O)CCO[C@@H]3C2)s1.O=C(O)C(F)(F)F. The lowest BCUT2D eigenvalue weighted by Crippen LogP contribution is -2.36. The van der Waals surface area contributed by atoms with Gasteiger partial charge in [-0.15, -0.1) is 10.2 Å². The van der Waals surface area contributed by atoms with Crippen molar-refractivity contribution in [3.8, 4) is 0 Å². The summed E-state index contributed by atoms with van der Waals surface area (Å²) in [6.07, 6.45) is -3.75. The number of hydrogen-bond acceptors (Lipinski definition) is 8. The van der Waals surface area contributed by atoms with Gasteiger partial charge in [0.05, 0.1) is 19.0 Å². The first kappa shape index (κ1) is 21.8. The third-order valence-corrected chi connectivity index (χ3v) is 6.16. The maximum absolute atomic E-state index is 11.7. The Hall–Kier alpha value is -1.51. The van der Waals surface area contributed by atoms with E-state index < -0.39 is 22.2 Å². The summed E-state index contributed by atoms with van der Waals surface area (Å²) in [4.78, 5) is 11.0. The Balaban J connectivity index is 0.000000321. The number of rotatable bonds is 2. The number of alkyl halides is 3. The van der Waals surface area contributed by atoms with Gasteiger partial charge in [0.1, 0.15) is 5.01 Å². The van der Waals surface area contributed by atoms with Crippen molar-refractivity contribution in [3.63, 3.8) is 0 Å². The molecule has 2 saturated heterocycles. The normalized spacial score (nSPS) is 24.0. The summed E-state index contributed by atoms with van der Waals surface area (Å²) in [6.45, 7) is 4.89. The van der Waals surface area contributed by atoms with E-state index >= 15 is 0 Å². The zero-order valence-electron chi connectivity index (χ0n) is 14.5. The number of anilines is 1. The van der Waals surface area contributed by atoms with Crippen LogP contribution in [0.3, 0.4) is 0 Å². The summed E-state index contributed by atoms with van der Waals surface area (Å²) in [5, 5.41) is 17.1. The maximum atomic E-state index is 11.7. The van der Waals surface area contributed by atoms with Gasteiger partial charge in [-0.2, -0.15) is 17.5 Å². The molecule has 2 fully saturated rings. The summed E-state index contributed by atoms with van der Waals surface area (Å²) >= 11 is 1.56. The number of aliphatic carboxylic acids is 1. The molecular formula is C13H19F3N4O5S2. The van der Waals surface area contributed by atoms with Crippen molar-refractivity contribution >= 4 is 32.5 Å². The van der Waals surface area contributed by atoms with Gasteiger partial charge in [0.15, 0.2) is 0 Å². The van der Waals surface area contributed by atoms with E-state index in [-0.39, 0.29) is 12.0 Å². The molecule has 27 heavy (non-hydrogen) atoms. The van der Waals surface area contributed by atoms with E-state index in [1.807, 2.05) is 6.92 Å². The first-order chi connectivity index (χ1) is 12.4. The lowest BCUT2D eigenvalue weighted by atomic mass is 10.1. The minimum atomic E-state index is -5.08. The fourth-order valence-corrected chi connectivity index (χ4v) is 4.31. The monoisotopic (exact) mass is 432 g/mol. The molecule has 0 spiro atoms. The third kappa shape index (κ3) is 5.99. The number of ether oxygens (including phenoxy) is 1. The van der Waals surface area contributed by atoms with Gasteiger partial charge < -0.3 is 14.7 Å². The van der Waals surface area contributed by atoms with Gasteiger partial charge in [0.2, 0.25) is 15.2 Å². The highest BCUT2D eigenvalue weighted by Gasteiger charge is 2.39. The van der Waals surface area contributed by atoms with Gasteiger partial charge >= 0.3 is 12.1 Å². The molecule has 0 bridgehead atoms. The molecule has 14 heteroatoms. The van der Waals surface area contributed by atoms with E-state index in [1.165, 1.54) is 10.6 Å². The quantitative estimate of drug-likeness (QED) is 0.722. The molecule has 3 heterocycles. The van der Waals surface area contributed by atoms with Crippen LogP contribution in [0.4, 0.5) is 18.3 Å². The summed E-state index contributed by atoms with van der Waals surface area (Å²) < 4.78 is 62.5. The Labute approximate surface area is 157 Å². The minimum Gasteiger partial charge on any atom is -0.475 e. The molecule has 1 aromatic heterocycles. The third-order valence-electron chi connectivity index (χ3n) is 3.99. The zero-order valence-corrected chi connectivity index (χ0v) is 16.1. The molecule has 0 unspecified atom stereocenters. The molecule has 154 valence electrons. The lowest BCUT2D eigenvalue weighted by Gasteiger charge is -2.20. The molecule has 2 aliphatic rings. The van der Waals surface area contributed by atoms with E-state index in [1.54, 1.807) is 11.3 Å². The molecule has 2 atom stereocenters. The average Bonchev–Trinajstić information content (AvgIpc) is 3.07. The molecule has 1 N–H and O–H groups in total. The molecule has 0 aliphatic carbocycles. The molecule has 1 aromatic rings. The second-order valence-corrected chi connectivity index (χ2v) is 9.24. The highest BCUT2D eigenvalue weighted by Crippen LogP contribution is 2.30. The van der Waals surface area contributed by atoms with Crippen LogP contribution >= 0.6 is 11.3 Å². The Bertz CT molecular complexity index is 770. The van der Waals surface area contributed by atoms with Crippen molar-refractivity contribution in [2.75, 3.05) is 43.9 Å². The highest BCUT2D eigenvalue weighted by atomic mass is 32.2. The maximum Gasteiger partial charge on any atom is 0.490 e. The van der Waals surface area contributed by atoms with Crippen LogP contribution in [0.2, 0.25) is 0 Å². The second-order valence-electron chi connectivity index (χ2n) is 6.10. The van der Waals surface area contributed by atoms with E-state index in [4.69, 9.17) is 14.6 Å². The largest absolute Gasteiger partial charge is 0.490 e. The molecule has 0 amide bonds. The van der Waals surface area contributed by atoms with Crippen LogP contribution in [0.25, 0.3) is 0 Å². The lowest BCUT2D eigenvalue weighted by molar-refractivity contribution is -0.192. The predicted molar refractivity (Wildman–Crippen MR) is 90.2 cm³/mol. The topological polar surface area (TPSA) is 113 Å². The van der Waals surface area contributed by atoms with Crippen LogP contribution in [0.5, 0.6) is 0 Å². The summed E-state index contributed by atoms with van der Waals surface area (Å²) in [7, 11) is -3.16. The zero-order chi connectivity index (χ0) is 20.4. The van der Waals surface area contributed by atoms with Crippen molar-refractivity contribution < 1.29 is 36.2 Å². The van der Waals surface area contributed by atoms with Gasteiger partial charge in [-0.25, -0.2) is 13.2 Å². The molecule has 9 nitrogen and oxygen atoms in total. The predicted octanol–water partition coefficient (Wildman–Crippen LogP) is 0.576. The van der Waals surface area contributed by atoms with E-state index in [0.717, 1.165) is 23.2 Å². The number of carboxylic acids is 1. The van der Waals surface area contributed by atoms with Gasteiger partial charge in [0.25, 0.3) is 0 Å². The summed E-state index contributed by atoms with van der Waals surface area (Å²) in [5.74, 6) is -2.57. The molecular weight excluding hydrogens is 413 g/mol. The summed E-state index contributed by atoms with van der Waals surface area (Å²) in [5.41, 5.74) is 0. The molecule has 2 aliphatic heterocycles. The van der Waals surface area contributed by atoms with Gasteiger partial charge in [-0.05, 0) is 6.92 Å². The van der Waals surface area contributed by atoms with Crippen LogP contribution < -0.4 is 4.90 Å². The number of nitrogens with zero attached hydrogens (tertiary/aromatic N) is 4. The van der Waals surface area contributed by atoms with Gasteiger partial charge in [-0.3, -0.25) is 0 Å². The van der Waals surface area contributed by atoms with E-state index in [2.05, 4.69) is 15.1 Å². The van der Waals surface area contributed by atoms with Crippen LogP contribution in [-0.4, -0.2) is 85.3 Å². The van der Waals surface area contributed by atoms with E-state index in [0.29, 0.717) is 19.7 Å². The first-order valence-electron chi connectivity index (χ1n) is 7.80. The first-order valence-corrected chi connectivity index (χ1v) is 10.5. The number of fused-ring (bicyclic) bond motifs is 1. The van der Waals surface area contributed by atoms with Crippen molar-refractivity contribution in [2.45, 2.75) is 19.2 Å².